The third-order valence-electron chi connectivity index (χ3n) is 6.22. The summed E-state index contributed by atoms with van der Waals surface area (Å²) in [6.45, 7) is 1.72. The molecule has 1 heterocycles. The second kappa shape index (κ2) is 12.8. The van der Waals surface area contributed by atoms with Crippen LogP contribution in [0.1, 0.15) is 43.4 Å². The monoisotopic (exact) mass is 477 g/mol. The average molecular weight is 478 g/mol. The third-order valence-corrected chi connectivity index (χ3v) is 6.44. The molecule has 6 nitrogen and oxygen atoms in total. The third kappa shape index (κ3) is 7.30. The largest absolute Gasteiger partial charge is 0.383 e. The fourth-order valence-electron chi connectivity index (χ4n) is 4.35. The number of carbonyl (C=O) groups excluding carboxylic acids is 2. The zero-order valence-electron chi connectivity index (χ0n) is 19.2. The van der Waals surface area contributed by atoms with Crippen LogP contribution in [0.2, 0.25) is 0 Å². The summed E-state index contributed by atoms with van der Waals surface area (Å²) < 4.78 is 20.5. The number of alkyl halides is 1. The van der Waals surface area contributed by atoms with Gasteiger partial charge in [0.2, 0.25) is 11.8 Å². The van der Waals surface area contributed by atoms with E-state index in [4.69, 9.17) is 16.3 Å². The summed E-state index contributed by atoms with van der Waals surface area (Å²) in [6, 6.07) is 10.6. The van der Waals surface area contributed by atoms with Crippen LogP contribution in [0.4, 0.5) is 4.39 Å². The van der Waals surface area contributed by atoms with Crippen molar-refractivity contribution in [3.8, 4) is 0 Å². The van der Waals surface area contributed by atoms with Crippen LogP contribution >= 0.6 is 11.6 Å². The van der Waals surface area contributed by atoms with E-state index in [9.17, 15) is 14.0 Å². The molecule has 3 rings (SSSR count). The van der Waals surface area contributed by atoms with Gasteiger partial charge in [0.1, 0.15) is 11.7 Å². The molecule has 0 bridgehead atoms. The number of hydrogen-bond donors (Lipinski definition) is 0. The fraction of sp³-hybridized carbons (Fsp3) is 0.520. The molecule has 1 saturated carbocycles. The lowest BCUT2D eigenvalue weighted by Gasteiger charge is -2.36. The molecule has 0 spiro atoms. The zero-order valence-corrected chi connectivity index (χ0v) is 20.0. The second-order valence-corrected chi connectivity index (χ2v) is 8.78. The van der Waals surface area contributed by atoms with E-state index >= 15 is 0 Å². The minimum Gasteiger partial charge on any atom is -0.383 e. The van der Waals surface area contributed by atoms with Crippen molar-refractivity contribution in [1.29, 1.82) is 0 Å². The normalized spacial score (nSPS) is 14.3. The van der Waals surface area contributed by atoms with Crippen LogP contribution in [-0.4, -0.2) is 64.9 Å². The molecule has 1 aliphatic carbocycles. The van der Waals surface area contributed by atoms with Gasteiger partial charge in [0.25, 0.3) is 0 Å². The fourth-order valence-corrected chi connectivity index (χ4v) is 4.52. The van der Waals surface area contributed by atoms with Crippen LogP contribution in [-0.2, 0) is 27.4 Å². The number of rotatable bonds is 11. The molecule has 2 amide bonds. The summed E-state index contributed by atoms with van der Waals surface area (Å²) in [5.41, 5.74) is 1.99. The van der Waals surface area contributed by atoms with Gasteiger partial charge in [0, 0.05) is 38.1 Å². The lowest BCUT2D eigenvalue weighted by molar-refractivity contribution is -0.142. The molecule has 0 atom stereocenters. The minimum absolute atomic E-state index is 0.00984. The number of carbonyl (C=O) groups is 2. The van der Waals surface area contributed by atoms with Crippen molar-refractivity contribution in [3.05, 3.63) is 59.7 Å². The van der Waals surface area contributed by atoms with Crippen molar-refractivity contribution in [2.24, 2.45) is 0 Å². The van der Waals surface area contributed by atoms with E-state index in [1.165, 1.54) is 23.5 Å². The van der Waals surface area contributed by atoms with Gasteiger partial charge in [0.15, 0.2) is 0 Å². The Morgan fingerprint density at radius 3 is 2.52 bits per heavy atom. The molecular formula is C25H33ClFN3O3. The lowest BCUT2D eigenvalue weighted by atomic mass is 9.94. The van der Waals surface area contributed by atoms with Crippen LogP contribution in [0.25, 0.3) is 0 Å². The summed E-state index contributed by atoms with van der Waals surface area (Å²) in [7, 11) is 1.56. The van der Waals surface area contributed by atoms with Gasteiger partial charge in [-0.2, -0.15) is 0 Å². The minimum atomic E-state index is -0.273. The van der Waals surface area contributed by atoms with Crippen LogP contribution in [0.3, 0.4) is 0 Å². The molecule has 180 valence electrons. The maximum absolute atomic E-state index is 13.5. The Bertz CT molecular complexity index is 897. The summed E-state index contributed by atoms with van der Waals surface area (Å²) >= 11 is 5.78. The van der Waals surface area contributed by atoms with Crippen molar-refractivity contribution in [2.75, 3.05) is 32.7 Å². The van der Waals surface area contributed by atoms with Gasteiger partial charge in [-0.3, -0.25) is 9.59 Å². The molecule has 2 aromatic rings. The number of methoxy groups -OCH3 is 1. The van der Waals surface area contributed by atoms with Crippen molar-refractivity contribution in [1.82, 2.24) is 14.4 Å². The highest BCUT2D eigenvalue weighted by Gasteiger charge is 2.28. The van der Waals surface area contributed by atoms with Crippen molar-refractivity contribution in [2.45, 2.75) is 51.2 Å². The summed E-state index contributed by atoms with van der Waals surface area (Å²) in [6.07, 6.45) is 7.28. The Hall–Kier alpha value is -2.38. The van der Waals surface area contributed by atoms with E-state index < -0.39 is 0 Å². The van der Waals surface area contributed by atoms with Gasteiger partial charge in [-0.05, 0) is 42.7 Å². The number of halogens is 2. The standard InChI is InChI=1S/C25H33ClFN3O3/c1-33-15-14-29(24(31)16-26)19-25(32)30(22-6-3-2-4-7-22)18-23-8-5-13-28(23)17-20-9-11-21(27)12-10-20/h5,8-13,22H,2-4,6-7,14-19H2,1H3. The first-order chi connectivity index (χ1) is 16.0. The van der Waals surface area contributed by atoms with E-state index in [0.29, 0.717) is 26.2 Å². The molecular weight excluding hydrogens is 445 g/mol. The number of amides is 2. The first kappa shape index (κ1) is 25.2. The topological polar surface area (TPSA) is 54.8 Å². The predicted molar refractivity (Wildman–Crippen MR) is 127 cm³/mol. The SMILES string of the molecule is COCCN(CC(=O)N(Cc1cccn1Cc1ccc(F)cc1)C1CCCCC1)C(=O)CCl. The number of ether oxygens (including phenoxy) is 1. The number of aromatic nitrogens is 1. The van der Waals surface area contributed by atoms with Crippen molar-refractivity contribution < 1.29 is 18.7 Å². The van der Waals surface area contributed by atoms with Crippen molar-refractivity contribution >= 4 is 23.4 Å². The molecule has 1 aromatic heterocycles. The van der Waals surface area contributed by atoms with E-state index in [1.807, 2.05) is 23.2 Å². The van der Waals surface area contributed by atoms with Crippen LogP contribution < -0.4 is 0 Å². The second-order valence-electron chi connectivity index (χ2n) is 8.51. The van der Waals surface area contributed by atoms with Crippen LogP contribution in [0.5, 0.6) is 0 Å². The summed E-state index contributed by atoms with van der Waals surface area (Å²) in [5.74, 6) is -0.776. The van der Waals surface area contributed by atoms with E-state index in [-0.39, 0.29) is 36.1 Å². The first-order valence-electron chi connectivity index (χ1n) is 11.5. The Morgan fingerprint density at radius 1 is 1.12 bits per heavy atom. The molecule has 0 N–H and O–H groups in total. The van der Waals surface area contributed by atoms with E-state index in [1.54, 1.807) is 19.2 Å². The van der Waals surface area contributed by atoms with E-state index in [2.05, 4.69) is 4.57 Å². The Labute approximate surface area is 200 Å². The van der Waals surface area contributed by atoms with Crippen LogP contribution in [0.15, 0.2) is 42.6 Å². The quantitative estimate of drug-likeness (QED) is 0.459. The first-order valence-corrected chi connectivity index (χ1v) is 12.1. The van der Waals surface area contributed by atoms with Crippen LogP contribution in [0, 0.1) is 5.82 Å². The molecule has 0 aliphatic heterocycles. The molecule has 1 aromatic carbocycles. The van der Waals surface area contributed by atoms with Gasteiger partial charge in [-0.1, -0.05) is 31.4 Å². The highest BCUT2D eigenvalue weighted by molar-refractivity contribution is 6.27. The molecule has 8 heteroatoms. The lowest BCUT2D eigenvalue weighted by Crippen LogP contribution is -2.48. The molecule has 33 heavy (non-hydrogen) atoms. The highest BCUT2D eigenvalue weighted by Crippen LogP contribution is 2.25. The predicted octanol–water partition coefficient (Wildman–Crippen LogP) is 4.05. The Balaban J connectivity index is 1.77. The average Bonchev–Trinajstić information content (AvgIpc) is 3.28. The molecule has 0 radical (unpaired) electrons. The van der Waals surface area contributed by atoms with Gasteiger partial charge in [-0.15, -0.1) is 11.6 Å². The Kier molecular flexibility index (Phi) is 9.76. The van der Waals surface area contributed by atoms with Crippen molar-refractivity contribution in [3.63, 3.8) is 0 Å². The summed E-state index contributed by atoms with van der Waals surface area (Å²) in [4.78, 5) is 29.2. The van der Waals surface area contributed by atoms with Gasteiger partial charge < -0.3 is 19.1 Å². The number of hydrogen-bond acceptors (Lipinski definition) is 3. The molecule has 0 unspecified atom stereocenters. The molecule has 0 saturated heterocycles. The number of benzene rings is 1. The number of nitrogens with zero attached hydrogens (tertiary/aromatic N) is 3. The zero-order chi connectivity index (χ0) is 23.6. The summed E-state index contributed by atoms with van der Waals surface area (Å²) in [5, 5.41) is 0. The molecule has 1 fully saturated rings. The Morgan fingerprint density at radius 2 is 1.85 bits per heavy atom. The van der Waals surface area contributed by atoms with Gasteiger partial charge >= 0.3 is 0 Å². The van der Waals surface area contributed by atoms with E-state index in [0.717, 1.165) is 36.9 Å². The smallest absolute Gasteiger partial charge is 0.242 e. The molecule has 1 aliphatic rings. The highest BCUT2D eigenvalue weighted by atomic mass is 35.5. The maximum atomic E-state index is 13.5. The van der Waals surface area contributed by atoms with Gasteiger partial charge in [-0.25, -0.2) is 4.39 Å². The maximum Gasteiger partial charge on any atom is 0.242 e. The van der Waals surface area contributed by atoms with Gasteiger partial charge in [0.05, 0.1) is 19.7 Å².